The van der Waals surface area contributed by atoms with Gasteiger partial charge in [0.05, 0.1) is 6.54 Å². The summed E-state index contributed by atoms with van der Waals surface area (Å²) in [5, 5.41) is 11.3. The van der Waals surface area contributed by atoms with Gasteiger partial charge >= 0.3 is 12.1 Å². The molecule has 0 bridgehead atoms. The summed E-state index contributed by atoms with van der Waals surface area (Å²) in [4.78, 5) is 29.9. The van der Waals surface area contributed by atoms with Crippen LogP contribution in [0.5, 0.6) is 0 Å². The van der Waals surface area contributed by atoms with E-state index in [1.54, 1.807) is 18.7 Å². The topological polar surface area (TPSA) is 105 Å². The third-order valence-electron chi connectivity index (χ3n) is 5.71. The highest BCUT2D eigenvalue weighted by Crippen LogP contribution is 2.35. The number of piperidine rings is 1. The molecular weight excluding hydrogens is 419 g/mol. The van der Waals surface area contributed by atoms with E-state index in [1.807, 2.05) is 22.6 Å². The van der Waals surface area contributed by atoms with Crippen LogP contribution in [-0.4, -0.2) is 79.9 Å². The molecule has 1 amide bonds. The molecule has 0 aliphatic carbocycles. The first-order chi connectivity index (χ1) is 14.6. The maximum atomic E-state index is 12.6. The van der Waals surface area contributed by atoms with Crippen LogP contribution in [0.15, 0.2) is 29.2 Å². The number of carboxylic acid groups (broad SMARTS) is 1. The summed E-state index contributed by atoms with van der Waals surface area (Å²) in [5.41, 5.74) is 0. The number of likely N-dealkylation sites (N-methyl/N-ethyl adjacent to an activating group) is 1. The van der Waals surface area contributed by atoms with Gasteiger partial charge < -0.3 is 14.4 Å². The summed E-state index contributed by atoms with van der Waals surface area (Å²) >= 11 is 0. The molecule has 2 fully saturated rings. The number of hydrogen-bond acceptors (Lipinski definition) is 6. The van der Waals surface area contributed by atoms with Crippen molar-refractivity contribution in [1.82, 2.24) is 24.6 Å². The van der Waals surface area contributed by atoms with Crippen LogP contribution in [0.4, 0.5) is 13.2 Å². The van der Waals surface area contributed by atoms with Crippen molar-refractivity contribution in [2.45, 2.75) is 44.6 Å². The zero-order valence-corrected chi connectivity index (χ0v) is 17.1. The number of fused-ring (bicyclic) bond motifs is 1. The van der Waals surface area contributed by atoms with Gasteiger partial charge in [0.25, 0.3) is 5.91 Å². The first kappa shape index (κ1) is 22.8. The number of carbonyl (C=O) groups excluding carboxylic acids is 1. The average Bonchev–Trinajstić information content (AvgIpc) is 3.43. The van der Waals surface area contributed by atoms with E-state index in [0.29, 0.717) is 23.8 Å². The fourth-order valence-electron chi connectivity index (χ4n) is 4.21. The van der Waals surface area contributed by atoms with Crippen LogP contribution in [0, 0.1) is 12.8 Å². The van der Waals surface area contributed by atoms with Gasteiger partial charge in [-0.15, -0.1) is 0 Å². The number of likely N-dealkylation sites (tertiary alicyclic amines) is 2. The Hall–Kier alpha value is -2.89. The van der Waals surface area contributed by atoms with E-state index in [9.17, 15) is 18.0 Å². The highest BCUT2D eigenvalue weighted by Gasteiger charge is 2.43. The van der Waals surface area contributed by atoms with Gasteiger partial charge in [0, 0.05) is 25.2 Å². The van der Waals surface area contributed by atoms with Gasteiger partial charge in [-0.3, -0.25) is 14.4 Å². The van der Waals surface area contributed by atoms with E-state index in [4.69, 9.17) is 14.3 Å². The molecule has 0 unspecified atom stereocenters. The first-order valence-electron chi connectivity index (χ1n) is 9.76. The largest absolute Gasteiger partial charge is 0.490 e. The molecule has 2 aromatic rings. The van der Waals surface area contributed by atoms with Crippen molar-refractivity contribution in [1.29, 1.82) is 0 Å². The number of alkyl halides is 3. The molecule has 31 heavy (non-hydrogen) atoms. The normalized spacial score (nSPS) is 23.8. The fraction of sp³-hybridized carbons (Fsp3) is 0.579. The number of carboxylic acids is 1. The number of hydrogen-bond donors (Lipinski definition) is 1. The summed E-state index contributed by atoms with van der Waals surface area (Å²) in [5.74, 6) is -0.994. The Morgan fingerprint density at radius 1 is 1.32 bits per heavy atom. The molecule has 0 aromatic carbocycles. The van der Waals surface area contributed by atoms with Gasteiger partial charge in [0.15, 0.2) is 5.76 Å². The predicted molar refractivity (Wildman–Crippen MR) is 101 cm³/mol. The summed E-state index contributed by atoms with van der Waals surface area (Å²) in [6, 6.07) is 4.61. The van der Waals surface area contributed by atoms with Crippen LogP contribution in [0.1, 0.15) is 29.2 Å². The second kappa shape index (κ2) is 9.08. The third-order valence-corrected chi connectivity index (χ3v) is 5.71. The monoisotopic (exact) mass is 443 g/mol. The van der Waals surface area contributed by atoms with Gasteiger partial charge in [-0.25, -0.2) is 9.78 Å². The first-order valence-corrected chi connectivity index (χ1v) is 9.76. The summed E-state index contributed by atoms with van der Waals surface area (Å²) < 4.78 is 39.1. The van der Waals surface area contributed by atoms with Crippen molar-refractivity contribution in [2.75, 3.05) is 20.1 Å². The Kier molecular flexibility index (Phi) is 6.68. The fourth-order valence-corrected chi connectivity index (χ4v) is 4.21. The minimum Gasteiger partial charge on any atom is -0.475 e. The lowest BCUT2D eigenvalue weighted by atomic mass is 9.92. The van der Waals surface area contributed by atoms with E-state index < -0.39 is 12.1 Å². The molecule has 2 aliphatic heterocycles. The predicted octanol–water partition coefficient (Wildman–Crippen LogP) is 2.05. The summed E-state index contributed by atoms with van der Waals surface area (Å²) in [7, 11) is 2.19. The molecule has 9 nitrogen and oxygen atoms in total. The highest BCUT2D eigenvalue weighted by atomic mass is 19.4. The molecular formula is C19H24F3N5O4. The molecule has 0 radical (unpaired) electrons. The Bertz CT molecular complexity index is 899. The average molecular weight is 443 g/mol. The van der Waals surface area contributed by atoms with Crippen LogP contribution < -0.4 is 0 Å². The molecule has 3 atom stereocenters. The lowest BCUT2D eigenvalue weighted by molar-refractivity contribution is -0.192. The van der Waals surface area contributed by atoms with Gasteiger partial charge in [0.1, 0.15) is 18.4 Å². The number of nitrogens with zero attached hydrogens (tertiary/aromatic N) is 5. The SMILES string of the molecule is Cc1ccc(C(=O)N2CC[C@H]3[C@H](C[C@@H](Cn4cncn4)N3C)C2)o1.O=C(O)C(F)(F)F. The van der Waals surface area contributed by atoms with Crippen molar-refractivity contribution >= 4 is 11.9 Å². The summed E-state index contributed by atoms with van der Waals surface area (Å²) in [6.07, 6.45) is 0.362. The zero-order valence-electron chi connectivity index (χ0n) is 17.1. The molecule has 2 saturated heterocycles. The lowest BCUT2D eigenvalue weighted by Crippen LogP contribution is -2.47. The number of furan rings is 1. The molecule has 1 N–H and O–H groups in total. The number of aryl methyl sites for hydroxylation is 1. The minimum absolute atomic E-state index is 0.0175. The number of aliphatic carboxylic acids is 1. The molecule has 4 heterocycles. The van der Waals surface area contributed by atoms with Gasteiger partial charge in [-0.2, -0.15) is 18.3 Å². The van der Waals surface area contributed by atoms with E-state index in [-0.39, 0.29) is 5.91 Å². The number of rotatable bonds is 3. The van der Waals surface area contributed by atoms with Crippen molar-refractivity contribution in [3.8, 4) is 0 Å². The lowest BCUT2D eigenvalue weighted by Gasteiger charge is -2.37. The molecule has 4 rings (SSSR count). The maximum absolute atomic E-state index is 12.6. The number of aromatic nitrogens is 3. The van der Waals surface area contributed by atoms with Gasteiger partial charge in [-0.1, -0.05) is 0 Å². The molecule has 0 saturated carbocycles. The van der Waals surface area contributed by atoms with Gasteiger partial charge in [0.2, 0.25) is 0 Å². The third kappa shape index (κ3) is 5.43. The van der Waals surface area contributed by atoms with E-state index >= 15 is 0 Å². The van der Waals surface area contributed by atoms with Crippen molar-refractivity contribution in [2.24, 2.45) is 5.92 Å². The highest BCUT2D eigenvalue weighted by molar-refractivity contribution is 5.91. The van der Waals surface area contributed by atoms with Crippen LogP contribution in [-0.2, 0) is 11.3 Å². The zero-order chi connectivity index (χ0) is 22.8. The van der Waals surface area contributed by atoms with Crippen LogP contribution in [0.3, 0.4) is 0 Å². The van der Waals surface area contributed by atoms with E-state index in [2.05, 4.69) is 22.0 Å². The molecule has 2 aromatic heterocycles. The van der Waals surface area contributed by atoms with Crippen molar-refractivity contribution in [3.05, 3.63) is 36.3 Å². The van der Waals surface area contributed by atoms with Crippen LogP contribution in [0.2, 0.25) is 0 Å². The van der Waals surface area contributed by atoms with E-state index in [1.165, 1.54) is 0 Å². The van der Waals surface area contributed by atoms with Gasteiger partial charge in [-0.05, 0) is 44.9 Å². The Morgan fingerprint density at radius 2 is 2.03 bits per heavy atom. The van der Waals surface area contributed by atoms with E-state index in [0.717, 1.165) is 38.2 Å². The number of halogens is 3. The quantitative estimate of drug-likeness (QED) is 0.774. The standard InChI is InChI=1S/C17H23N5O2.C2HF3O2/c1-12-3-4-16(24-12)17(23)21-6-5-15-13(8-21)7-14(20(15)2)9-22-11-18-10-19-22;3-2(4,5)1(6)7/h3-4,10-11,13-15H,5-9H2,1-2H3;(H,6,7)/t13-,14+,15+;/m1./s1. The Labute approximate surface area is 176 Å². The van der Waals surface area contributed by atoms with Crippen LogP contribution in [0.25, 0.3) is 0 Å². The molecule has 0 spiro atoms. The van der Waals surface area contributed by atoms with Crippen molar-refractivity contribution in [3.63, 3.8) is 0 Å². The summed E-state index contributed by atoms with van der Waals surface area (Å²) in [6.45, 7) is 4.32. The molecule has 2 aliphatic rings. The number of amides is 1. The molecule has 170 valence electrons. The molecule has 12 heteroatoms. The second-order valence-corrected chi connectivity index (χ2v) is 7.75. The minimum atomic E-state index is -5.08. The second-order valence-electron chi connectivity index (χ2n) is 7.75. The maximum Gasteiger partial charge on any atom is 0.490 e. The Morgan fingerprint density at radius 3 is 2.58 bits per heavy atom. The van der Waals surface area contributed by atoms with Crippen molar-refractivity contribution < 1.29 is 32.3 Å². The number of carbonyl (C=O) groups is 2. The smallest absolute Gasteiger partial charge is 0.475 e. The van der Waals surface area contributed by atoms with Crippen LogP contribution >= 0.6 is 0 Å². The Balaban J connectivity index is 0.000000339.